The average Bonchev–Trinajstić information content (AvgIpc) is 3.44. The van der Waals surface area contributed by atoms with Gasteiger partial charge in [-0.3, -0.25) is 4.79 Å². The maximum absolute atomic E-state index is 14.0. The second-order valence-electron chi connectivity index (χ2n) is 7.25. The summed E-state index contributed by atoms with van der Waals surface area (Å²) in [6, 6.07) is 11.5. The molecular formula is C21H16ClFN8O3. The number of rotatable bonds is 6. The molecule has 11 nitrogen and oxygen atoms in total. The fourth-order valence-corrected chi connectivity index (χ4v) is 3.61. The molecule has 1 amide bonds. The normalized spacial score (nSPS) is 13.5. The van der Waals surface area contributed by atoms with E-state index in [0.29, 0.717) is 35.0 Å². The Morgan fingerprint density at radius 2 is 2.12 bits per heavy atom. The number of hydrazone groups is 1. The lowest BCUT2D eigenvalue weighted by molar-refractivity contribution is 0.0739. The molecule has 0 unspecified atom stereocenters. The van der Waals surface area contributed by atoms with E-state index in [4.69, 9.17) is 22.1 Å². The van der Waals surface area contributed by atoms with Crippen molar-refractivity contribution in [2.45, 2.75) is 13.0 Å². The lowest BCUT2D eigenvalue weighted by atomic mass is 10.1. The molecule has 0 bridgehead atoms. The molecule has 34 heavy (non-hydrogen) atoms. The standard InChI is InChI=1S/C21H16ClFN8O3/c22-15-5-2-6-16(23)14(15)11-33-13-4-1-3-12(9-13)10-25-30-8-7-17-18(21(30)32)26-29-31(17)20-19(24)27-34-28-20/h1-6,9-10H,7-8,11H2,(H2,24,27). The summed E-state index contributed by atoms with van der Waals surface area (Å²) >= 11 is 6.04. The van der Waals surface area contributed by atoms with Crippen LogP contribution in [0.15, 0.2) is 52.2 Å². The Balaban J connectivity index is 1.29. The number of ether oxygens (including phenoxy) is 1. The molecule has 5 rings (SSSR count). The molecule has 4 aromatic rings. The predicted molar refractivity (Wildman–Crippen MR) is 118 cm³/mol. The number of benzene rings is 2. The zero-order valence-electron chi connectivity index (χ0n) is 17.4. The topological polar surface area (TPSA) is 138 Å². The maximum atomic E-state index is 14.0. The molecule has 2 aromatic carbocycles. The van der Waals surface area contributed by atoms with Gasteiger partial charge in [-0.05, 0) is 40.1 Å². The van der Waals surface area contributed by atoms with Crippen molar-refractivity contribution in [2.75, 3.05) is 12.3 Å². The van der Waals surface area contributed by atoms with Gasteiger partial charge in [0.05, 0.1) is 23.5 Å². The van der Waals surface area contributed by atoms with E-state index in [0.717, 1.165) is 0 Å². The fourth-order valence-electron chi connectivity index (χ4n) is 3.39. The van der Waals surface area contributed by atoms with Crippen molar-refractivity contribution >= 4 is 29.5 Å². The second-order valence-corrected chi connectivity index (χ2v) is 7.66. The van der Waals surface area contributed by atoms with Crippen molar-refractivity contribution in [1.82, 2.24) is 30.3 Å². The summed E-state index contributed by atoms with van der Waals surface area (Å²) in [5.41, 5.74) is 7.35. The van der Waals surface area contributed by atoms with Gasteiger partial charge in [0.25, 0.3) is 5.91 Å². The average molecular weight is 483 g/mol. The summed E-state index contributed by atoms with van der Waals surface area (Å²) in [6.07, 6.45) is 1.94. The van der Waals surface area contributed by atoms with Crippen molar-refractivity contribution in [3.63, 3.8) is 0 Å². The first kappa shape index (κ1) is 21.5. The number of fused-ring (bicyclic) bond motifs is 1. The third-order valence-electron chi connectivity index (χ3n) is 5.11. The van der Waals surface area contributed by atoms with Crippen LogP contribution in [0.3, 0.4) is 0 Å². The minimum Gasteiger partial charge on any atom is -0.489 e. The summed E-state index contributed by atoms with van der Waals surface area (Å²) in [6.45, 7) is 0.267. The minimum absolute atomic E-state index is 0.0271. The number of hydrogen-bond acceptors (Lipinski definition) is 9. The number of amides is 1. The van der Waals surface area contributed by atoms with Crippen LogP contribution in [0.1, 0.15) is 27.3 Å². The van der Waals surface area contributed by atoms with Gasteiger partial charge in [-0.25, -0.2) is 14.0 Å². The largest absolute Gasteiger partial charge is 0.489 e. The molecule has 3 heterocycles. The molecule has 0 aliphatic carbocycles. The molecule has 2 N–H and O–H groups in total. The van der Waals surface area contributed by atoms with E-state index in [1.165, 1.54) is 28.0 Å². The molecule has 0 fully saturated rings. The van der Waals surface area contributed by atoms with E-state index in [1.807, 2.05) is 0 Å². The molecular weight excluding hydrogens is 467 g/mol. The van der Waals surface area contributed by atoms with Crippen LogP contribution in [-0.4, -0.2) is 49.0 Å². The highest BCUT2D eigenvalue weighted by Crippen LogP contribution is 2.23. The lowest BCUT2D eigenvalue weighted by Crippen LogP contribution is -2.34. The van der Waals surface area contributed by atoms with Gasteiger partial charge in [-0.1, -0.05) is 35.0 Å². The number of nitrogens with zero attached hydrogens (tertiary/aromatic N) is 7. The Morgan fingerprint density at radius 1 is 1.26 bits per heavy atom. The monoisotopic (exact) mass is 482 g/mol. The number of aromatic nitrogens is 5. The van der Waals surface area contributed by atoms with E-state index in [2.05, 4.69) is 30.4 Å². The van der Waals surface area contributed by atoms with Gasteiger partial charge in [-0.2, -0.15) is 9.78 Å². The van der Waals surface area contributed by atoms with Crippen molar-refractivity contribution in [2.24, 2.45) is 5.10 Å². The molecule has 172 valence electrons. The first-order chi connectivity index (χ1) is 16.5. The predicted octanol–water partition coefficient (Wildman–Crippen LogP) is 2.64. The third kappa shape index (κ3) is 4.06. The van der Waals surface area contributed by atoms with Gasteiger partial charge in [-0.15, -0.1) is 5.10 Å². The molecule has 0 atom stereocenters. The smallest absolute Gasteiger partial charge is 0.296 e. The number of halogens is 2. The van der Waals surface area contributed by atoms with E-state index in [9.17, 15) is 9.18 Å². The number of nitrogens with two attached hydrogens (primary N) is 1. The SMILES string of the molecule is Nc1nonc1-n1nnc2c1CCN(N=Cc1cccc(OCc3c(F)cccc3Cl)c1)C2=O. The van der Waals surface area contributed by atoms with Crippen LogP contribution in [0.2, 0.25) is 5.02 Å². The van der Waals surface area contributed by atoms with Crippen molar-refractivity contribution < 1.29 is 18.6 Å². The first-order valence-electron chi connectivity index (χ1n) is 10.1. The first-order valence-corrected chi connectivity index (χ1v) is 10.4. The third-order valence-corrected chi connectivity index (χ3v) is 5.46. The van der Waals surface area contributed by atoms with E-state index >= 15 is 0 Å². The van der Waals surface area contributed by atoms with Gasteiger partial charge in [0.15, 0.2) is 5.69 Å². The maximum Gasteiger partial charge on any atom is 0.296 e. The zero-order valence-corrected chi connectivity index (χ0v) is 18.2. The van der Waals surface area contributed by atoms with E-state index in [1.54, 1.807) is 30.3 Å². The van der Waals surface area contributed by atoms with Gasteiger partial charge in [0, 0.05) is 12.0 Å². The quantitative estimate of drug-likeness (QED) is 0.414. The highest BCUT2D eigenvalue weighted by atomic mass is 35.5. The molecule has 0 saturated carbocycles. The van der Waals surface area contributed by atoms with Gasteiger partial charge < -0.3 is 10.5 Å². The number of carbonyl (C=O) groups is 1. The van der Waals surface area contributed by atoms with Crippen LogP contribution in [-0.2, 0) is 13.0 Å². The molecule has 0 radical (unpaired) electrons. The molecule has 0 spiro atoms. The van der Waals surface area contributed by atoms with Crippen LogP contribution in [0.25, 0.3) is 5.82 Å². The Kier molecular flexibility index (Phi) is 5.64. The highest BCUT2D eigenvalue weighted by Gasteiger charge is 2.31. The number of nitrogen functional groups attached to an aromatic ring is 1. The zero-order chi connectivity index (χ0) is 23.7. The Bertz CT molecular complexity index is 1380. The van der Waals surface area contributed by atoms with Crippen LogP contribution in [0.5, 0.6) is 5.75 Å². The lowest BCUT2D eigenvalue weighted by Gasteiger charge is -2.21. The van der Waals surface area contributed by atoms with Crippen molar-refractivity contribution in [3.8, 4) is 11.6 Å². The fraction of sp³-hybridized carbons (Fsp3) is 0.143. The highest BCUT2D eigenvalue weighted by molar-refractivity contribution is 6.31. The molecule has 13 heteroatoms. The Labute approximate surface area is 196 Å². The minimum atomic E-state index is -0.437. The van der Waals surface area contributed by atoms with E-state index in [-0.39, 0.29) is 29.5 Å². The summed E-state index contributed by atoms with van der Waals surface area (Å²) in [5, 5.41) is 21.0. The van der Waals surface area contributed by atoms with Crippen LogP contribution >= 0.6 is 11.6 Å². The number of carbonyl (C=O) groups excluding carboxylic acids is 1. The molecule has 0 saturated heterocycles. The number of hydrogen-bond donors (Lipinski definition) is 1. The van der Waals surface area contributed by atoms with Gasteiger partial charge in [0.2, 0.25) is 11.6 Å². The van der Waals surface area contributed by atoms with Gasteiger partial charge >= 0.3 is 0 Å². The van der Waals surface area contributed by atoms with Crippen LogP contribution < -0.4 is 10.5 Å². The molecule has 2 aromatic heterocycles. The molecule has 1 aliphatic rings. The summed E-state index contributed by atoms with van der Waals surface area (Å²) < 4.78 is 25.6. The van der Waals surface area contributed by atoms with Crippen molar-refractivity contribution in [3.05, 3.63) is 75.8 Å². The summed E-state index contributed by atoms with van der Waals surface area (Å²) in [5.74, 6) is -0.141. The molecule has 1 aliphatic heterocycles. The second kappa shape index (κ2) is 8.90. The van der Waals surface area contributed by atoms with Crippen LogP contribution in [0.4, 0.5) is 10.2 Å². The Hall–Kier alpha value is -4.32. The van der Waals surface area contributed by atoms with Crippen molar-refractivity contribution in [1.29, 1.82) is 0 Å². The number of anilines is 1. The van der Waals surface area contributed by atoms with Gasteiger partial charge in [0.1, 0.15) is 18.2 Å². The Morgan fingerprint density at radius 3 is 2.91 bits per heavy atom. The van der Waals surface area contributed by atoms with E-state index < -0.39 is 11.7 Å². The summed E-state index contributed by atoms with van der Waals surface area (Å²) in [7, 11) is 0. The van der Waals surface area contributed by atoms with Crippen LogP contribution in [0, 0.1) is 5.82 Å². The summed E-state index contributed by atoms with van der Waals surface area (Å²) in [4.78, 5) is 12.8.